The number of hydrogen-bond donors (Lipinski definition) is 0. The highest BCUT2D eigenvalue weighted by molar-refractivity contribution is 7.90. The van der Waals surface area contributed by atoms with E-state index in [9.17, 15) is 13.2 Å². The molecule has 1 aliphatic heterocycles. The molecule has 1 aliphatic rings. The standard InChI is InChI=1S/C21H24Cl2N2O3S/c1-3-15-11-10-14(2)25(12-15)21(26)19-9-4-6-16(24-19)13-29(27,28)20-17(22)7-5-8-18(20)23/h4-9,14-15H,3,10-13H2,1-2H3. The lowest BCUT2D eigenvalue weighted by Crippen LogP contribution is -2.45. The summed E-state index contributed by atoms with van der Waals surface area (Å²) in [4.78, 5) is 19.1. The maximum atomic E-state index is 13.0. The first-order chi connectivity index (χ1) is 13.7. The number of aromatic nitrogens is 1. The van der Waals surface area contributed by atoms with Crippen molar-refractivity contribution in [2.45, 2.75) is 49.8 Å². The van der Waals surface area contributed by atoms with E-state index in [0.29, 0.717) is 12.5 Å². The second-order valence-electron chi connectivity index (χ2n) is 7.48. The quantitative estimate of drug-likeness (QED) is 0.636. The van der Waals surface area contributed by atoms with Crippen LogP contribution in [0.4, 0.5) is 0 Å². The van der Waals surface area contributed by atoms with Crippen LogP contribution in [0.15, 0.2) is 41.3 Å². The predicted octanol–water partition coefficient (Wildman–Crippen LogP) is 5.01. The van der Waals surface area contributed by atoms with Gasteiger partial charge >= 0.3 is 0 Å². The molecule has 2 unspecified atom stereocenters. The van der Waals surface area contributed by atoms with Crippen LogP contribution in [-0.2, 0) is 15.6 Å². The van der Waals surface area contributed by atoms with Gasteiger partial charge in [0.1, 0.15) is 10.6 Å². The van der Waals surface area contributed by atoms with Gasteiger partial charge in [-0.3, -0.25) is 4.79 Å². The van der Waals surface area contributed by atoms with Gasteiger partial charge in [-0.1, -0.05) is 48.7 Å². The van der Waals surface area contributed by atoms with Gasteiger partial charge in [-0.2, -0.15) is 0 Å². The van der Waals surface area contributed by atoms with Crippen molar-refractivity contribution in [1.82, 2.24) is 9.88 Å². The van der Waals surface area contributed by atoms with Gasteiger partial charge in [0.2, 0.25) is 0 Å². The molecule has 5 nitrogen and oxygen atoms in total. The van der Waals surface area contributed by atoms with Crippen molar-refractivity contribution in [2.75, 3.05) is 6.54 Å². The number of rotatable bonds is 5. The molecule has 0 saturated carbocycles. The largest absolute Gasteiger partial charge is 0.334 e. The molecule has 29 heavy (non-hydrogen) atoms. The van der Waals surface area contributed by atoms with Crippen molar-refractivity contribution in [3.05, 3.63) is 57.8 Å². The fourth-order valence-electron chi connectivity index (χ4n) is 3.67. The molecule has 1 aromatic heterocycles. The van der Waals surface area contributed by atoms with E-state index in [-0.39, 0.29) is 44.0 Å². The third kappa shape index (κ3) is 4.93. The number of carbonyl (C=O) groups excluding carboxylic acids is 1. The summed E-state index contributed by atoms with van der Waals surface area (Å²) in [5, 5.41) is 0.134. The minimum absolute atomic E-state index is 0.0671. The summed E-state index contributed by atoms with van der Waals surface area (Å²) in [7, 11) is -3.82. The summed E-state index contributed by atoms with van der Waals surface area (Å²) in [6, 6.07) is 9.57. The number of likely N-dealkylation sites (tertiary alicyclic amines) is 1. The average molecular weight is 455 g/mol. The third-order valence-electron chi connectivity index (χ3n) is 5.41. The highest BCUT2D eigenvalue weighted by atomic mass is 35.5. The molecule has 0 bridgehead atoms. The number of amides is 1. The Morgan fingerprint density at radius 1 is 1.14 bits per heavy atom. The van der Waals surface area contributed by atoms with Crippen LogP contribution < -0.4 is 0 Å². The SMILES string of the molecule is CCC1CCC(C)N(C(=O)c2cccc(CS(=O)(=O)c3c(Cl)cccc3Cl)n2)C1. The zero-order chi connectivity index (χ0) is 21.2. The molecular formula is C21H24Cl2N2O3S. The summed E-state index contributed by atoms with van der Waals surface area (Å²) in [6.45, 7) is 4.88. The summed E-state index contributed by atoms with van der Waals surface area (Å²) in [5.74, 6) is -0.0585. The maximum absolute atomic E-state index is 13.0. The molecule has 3 rings (SSSR count). The Hall–Kier alpha value is -1.63. The number of carbonyl (C=O) groups is 1. The van der Waals surface area contributed by atoms with E-state index >= 15 is 0 Å². The van der Waals surface area contributed by atoms with Crippen LogP contribution in [0.3, 0.4) is 0 Å². The zero-order valence-corrected chi connectivity index (χ0v) is 18.8. The fourth-order valence-corrected chi connectivity index (χ4v) is 6.20. The highest BCUT2D eigenvalue weighted by Gasteiger charge is 2.30. The van der Waals surface area contributed by atoms with Crippen molar-refractivity contribution in [3.63, 3.8) is 0 Å². The van der Waals surface area contributed by atoms with Crippen LogP contribution in [0, 0.1) is 5.92 Å². The Morgan fingerprint density at radius 3 is 2.45 bits per heavy atom. The Morgan fingerprint density at radius 2 is 1.79 bits per heavy atom. The van der Waals surface area contributed by atoms with Crippen molar-refractivity contribution in [2.24, 2.45) is 5.92 Å². The molecule has 1 amide bonds. The number of piperidine rings is 1. The van der Waals surface area contributed by atoms with Crippen LogP contribution in [0.2, 0.25) is 10.0 Å². The summed E-state index contributed by atoms with van der Waals surface area (Å²) in [6.07, 6.45) is 3.11. The van der Waals surface area contributed by atoms with Crippen LogP contribution in [0.25, 0.3) is 0 Å². The molecule has 8 heteroatoms. The van der Waals surface area contributed by atoms with Crippen LogP contribution in [-0.4, -0.2) is 36.8 Å². The minimum atomic E-state index is -3.82. The monoisotopic (exact) mass is 454 g/mol. The van der Waals surface area contributed by atoms with Crippen LogP contribution in [0.1, 0.15) is 49.3 Å². The van der Waals surface area contributed by atoms with Gasteiger partial charge in [0.05, 0.1) is 21.5 Å². The molecule has 1 saturated heterocycles. The summed E-state index contributed by atoms with van der Waals surface area (Å²) < 4.78 is 25.7. The highest BCUT2D eigenvalue weighted by Crippen LogP contribution is 2.31. The normalized spacial score (nSPS) is 19.9. The zero-order valence-electron chi connectivity index (χ0n) is 16.4. The summed E-state index contributed by atoms with van der Waals surface area (Å²) in [5.41, 5.74) is 0.537. The van der Waals surface area contributed by atoms with E-state index in [1.165, 1.54) is 12.1 Å². The Bertz CT molecular complexity index is 990. The van der Waals surface area contributed by atoms with Gasteiger partial charge < -0.3 is 4.90 Å². The first-order valence-corrected chi connectivity index (χ1v) is 12.1. The molecule has 1 fully saturated rings. The number of nitrogens with zero attached hydrogens (tertiary/aromatic N) is 2. The van der Waals surface area contributed by atoms with E-state index < -0.39 is 9.84 Å². The first-order valence-electron chi connectivity index (χ1n) is 9.66. The lowest BCUT2D eigenvalue weighted by atomic mass is 9.91. The molecule has 0 spiro atoms. The molecule has 0 aliphatic carbocycles. The third-order valence-corrected chi connectivity index (χ3v) is 8.00. The molecular weight excluding hydrogens is 431 g/mol. The fraction of sp³-hybridized carbons (Fsp3) is 0.429. The van der Waals surface area contributed by atoms with Crippen molar-refractivity contribution in [1.29, 1.82) is 0 Å². The molecule has 1 aromatic carbocycles. The second-order valence-corrected chi connectivity index (χ2v) is 10.2. The lowest BCUT2D eigenvalue weighted by molar-refractivity contribution is 0.0550. The average Bonchev–Trinajstić information content (AvgIpc) is 2.67. The Labute approximate surface area is 182 Å². The Balaban J connectivity index is 1.85. The maximum Gasteiger partial charge on any atom is 0.272 e. The first kappa shape index (κ1) is 22.1. The lowest BCUT2D eigenvalue weighted by Gasteiger charge is -2.37. The molecule has 0 radical (unpaired) electrons. The smallest absolute Gasteiger partial charge is 0.272 e. The van der Waals surface area contributed by atoms with Gasteiger partial charge in [0, 0.05) is 12.6 Å². The van der Waals surface area contributed by atoms with Crippen LogP contribution in [0.5, 0.6) is 0 Å². The molecule has 2 aromatic rings. The molecule has 0 N–H and O–H groups in total. The topological polar surface area (TPSA) is 67.3 Å². The van der Waals surface area contributed by atoms with Gasteiger partial charge in [-0.15, -0.1) is 0 Å². The van der Waals surface area contributed by atoms with E-state index in [0.717, 1.165) is 19.3 Å². The van der Waals surface area contributed by atoms with E-state index in [1.807, 2.05) is 11.8 Å². The number of sulfone groups is 1. The Kier molecular flexibility index (Phi) is 6.87. The van der Waals surface area contributed by atoms with E-state index in [2.05, 4.69) is 11.9 Å². The molecule has 156 valence electrons. The van der Waals surface area contributed by atoms with Crippen LogP contribution >= 0.6 is 23.2 Å². The van der Waals surface area contributed by atoms with Gasteiger partial charge in [0.25, 0.3) is 5.91 Å². The van der Waals surface area contributed by atoms with Gasteiger partial charge in [0.15, 0.2) is 9.84 Å². The van der Waals surface area contributed by atoms with Crippen molar-refractivity contribution >= 4 is 38.9 Å². The van der Waals surface area contributed by atoms with Crippen molar-refractivity contribution < 1.29 is 13.2 Å². The molecule has 2 heterocycles. The number of hydrogen-bond acceptors (Lipinski definition) is 4. The van der Waals surface area contributed by atoms with E-state index in [1.54, 1.807) is 24.3 Å². The second kappa shape index (κ2) is 9.02. The number of pyridine rings is 1. The van der Waals surface area contributed by atoms with Gasteiger partial charge in [-0.05, 0) is 49.9 Å². The van der Waals surface area contributed by atoms with E-state index in [4.69, 9.17) is 23.2 Å². The van der Waals surface area contributed by atoms with Crippen molar-refractivity contribution in [3.8, 4) is 0 Å². The number of benzene rings is 1. The molecule has 2 atom stereocenters. The van der Waals surface area contributed by atoms with Gasteiger partial charge in [-0.25, -0.2) is 13.4 Å². The summed E-state index contributed by atoms with van der Waals surface area (Å²) >= 11 is 12.1. The predicted molar refractivity (Wildman–Crippen MR) is 115 cm³/mol. The number of halogens is 2. The minimum Gasteiger partial charge on any atom is -0.334 e.